The van der Waals surface area contributed by atoms with Crippen molar-refractivity contribution < 1.29 is 23.1 Å². The van der Waals surface area contributed by atoms with Crippen LogP contribution in [0.2, 0.25) is 5.02 Å². The molecule has 0 radical (unpaired) electrons. The van der Waals surface area contributed by atoms with E-state index in [-0.39, 0.29) is 24.0 Å². The molecule has 0 bridgehead atoms. The van der Waals surface area contributed by atoms with E-state index in [1.165, 1.54) is 17.3 Å². The quantitative estimate of drug-likeness (QED) is 0.186. The fraction of sp³-hybridized carbons (Fsp3) is 0.394. The van der Waals surface area contributed by atoms with Gasteiger partial charge in [0.25, 0.3) is 5.91 Å². The van der Waals surface area contributed by atoms with Crippen LogP contribution in [0, 0.1) is 10.8 Å². The van der Waals surface area contributed by atoms with Gasteiger partial charge in [0.1, 0.15) is 17.8 Å². The summed E-state index contributed by atoms with van der Waals surface area (Å²) in [6.45, 7) is 2.99. The highest BCUT2D eigenvalue weighted by molar-refractivity contribution is 6.33. The van der Waals surface area contributed by atoms with Crippen molar-refractivity contribution in [3.63, 3.8) is 0 Å². The van der Waals surface area contributed by atoms with Gasteiger partial charge in [-0.05, 0) is 53.5 Å². The van der Waals surface area contributed by atoms with Gasteiger partial charge in [-0.15, -0.1) is 5.10 Å². The van der Waals surface area contributed by atoms with Crippen LogP contribution in [0.4, 0.5) is 13.6 Å². The van der Waals surface area contributed by atoms with Gasteiger partial charge >= 0.3 is 12.6 Å². The zero-order chi connectivity index (χ0) is 34.4. The van der Waals surface area contributed by atoms with Gasteiger partial charge in [-0.2, -0.15) is 13.9 Å². The smallest absolute Gasteiger partial charge is 0.407 e. The number of ether oxygens (including phenoxy) is 1. The number of guanidine groups is 1. The molecule has 2 fully saturated rings. The Morgan fingerprint density at radius 1 is 1.17 bits per heavy atom. The van der Waals surface area contributed by atoms with Crippen molar-refractivity contribution in [3.05, 3.63) is 77.2 Å². The van der Waals surface area contributed by atoms with Crippen molar-refractivity contribution in [1.82, 2.24) is 40.3 Å². The van der Waals surface area contributed by atoms with E-state index >= 15 is 0 Å². The van der Waals surface area contributed by atoms with Crippen LogP contribution in [-0.2, 0) is 22.1 Å². The van der Waals surface area contributed by atoms with Gasteiger partial charge in [-0.3, -0.25) is 19.8 Å². The second-order valence-electron chi connectivity index (χ2n) is 13.4. The number of alkyl carbamates (subject to hydrolysis) is 1. The van der Waals surface area contributed by atoms with Crippen molar-refractivity contribution >= 4 is 29.6 Å². The predicted octanol–water partition coefficient (Wildman–Crippen LogP) is 6.02. The lowest BCUT2D eigenvalue weighted by Gasteiger charge is -2.35. The molecule has 1 saturated heterocycles. The lowest BCUT2D eigenvalue weighted by atomic mass is 9.75. The lowest BCUT2D eigenvalue weighted by molar-refractivity contribution is -0.134. The predicted molar refractivity (Wildman–Crippen MR) is 174 cm³/mol. The third-order valence-electron chi connectivity index (χ3n) is 8.30. The van der Waals surface area contributed by atoms with Gasteiger partial charge in [0, 0.05) is 30.4 Å². The molecule has 0 spiro atoms. The molecule has 4 aromatic rings. The van der Waals surface area contributed by atoms with Crippen LogP contribution in [0.25, 0.3) is 22.4 Å². The maximum absolute atomic E-state index is 14.8. The molecule has 1 aliphatic carbocycles. The minimum absolute atomic E-state index is 0.0650. The molecule has 2 aliphatic rings. The van der Waals surface area contributed by atoms with E-state index < -0.39 is 30.1 Å². The molecular weight excluding hydrogens is 644 g/mol. The Hall–Kier alpha value is -4.85. The SMILES string of the molecule is Cn1cc(-c2cc([C@@H](COC(=O)NC3CC3)N3C(=N)N[C@](CC(C)(C)C)(c4ccc(-c5cnn(C(F)F)c5)cc4)C3=O)ccc2Cl)nn1. The van der Waals surface area contributed by atoms with E-state index in [1.807, 2.05) is 20.8 Å². The number of amides is 2. The summed E-state index contributed by atoms with van der Waals surface area (Å²) in [6.07, 6.45) is 5.77. The summed E-state index contributed by atoms with van der Waals surface area (Å²) in [6, 6.07) is 11.3. The summed E-state index contributed by atoms with van der Waals surface area (Å²) in [5.41, 5.74) is 1.61. The van der Waals surface area contributed by atoms with Crippen LogP contribution in [0.1, 0.15) is 63.8 Å². The monoisotopic (exact) mass is 679 g/mol. The Labute approximate surface area is 280 Å². The number of carbonyl (C=O) groups excluding carboxylic acids is 2. The van der Waals surface area contributed by atoms with Crippen LogP contribution < -0.4 is 10.6 Å². The number of aromatic nitrogens is 5. The number of alkyl halides is 2. The molecule has 15 heteroatoms. The van der Waals surface area contributed by atoms with Crippen molar-refractivity contribution in [1.29, 1.82) is 5.41 Å². The van der Waals surface area contributed by atoms with Crippen LogP contribution >= 0.6 is 11.6 Å². The Balaban J connectivity index is 1.38. The highest BCUT2D eigenvalue weighted by atomic mass is 35.5. The first kappa shape index (κ1) is 33.1. The molecule has 12 nitrogen and oxygen atoms in total. The topological polar surface area (TPSA) is 143 Å². The normalized spacial score (nSPS) is 18.7. The van der Waals surface area contributed by atoms with E-state index in [0.717, 1.165) is 12.8 Å². The van der Waals surface area contributed by atoms with Crippen LogP contribution in [0.3, 0.4) is 0 Å². The number of benzene rings is 2. The highest BCUT2D eigenvalue weighted by Crippen LogP contribution is 2.43. The molecule has 48 heavy (non-hydrogen) atoms. The fourth-order valence-electron chi connectivity index (χ4n) is 6.00. The molecular formula is C33H36ClF2N9O3. The van der Waals surface area contributed by atoms with Gasteiger partial charge in [0.2, 0.25) is 0 Å². The molecule has 1 aliphatic heterocycles. The number of nitrogens with one attached hydrogen (secondary N) is 3. The molecule has 2 atom stereocenters. The summed E-state index contributed by atoms with van der Waals surface area (Å²) in [7, 11) is 1.73. The lowest BCUT2D eigenvalue weighted by Crippen LogP contribution is -2.47. The minimum atomic E-state index is -2.76. The van der Waals surface area contributed by atoms with E-state index in [2.05, 4.69) is 26.0 Å². The van der Waals surface area contributed by atoms with Crippen LogP contribution in [0.5, 0.6) is 0 Å². The average molecular weight is 680 g/mol. The zero-order valence-electron chi connectivity index (χ0n) is 26.9. The number of hydrogen-bond acceptors (Lipinski definition) is 7. The average Bonchev–Trinajstić information content (AvgIpc) is 3.40. The first-order valence-electron chi connectivity index (χ1n) is 15.5. The van der Waals surface area contributed by atoms with Crippen LogP contribution in [-0.4, -0.2) is 60.3 Å². The first-order chi connectivity index (χ1) is 22.7. The molecule has 252 valence electrons. The third kappa shape index (κ3) is 6.75. The Bertz CT molecular complexity index is 1850. The zero-order valence-corrected chi connectivity index (χ0v) is 27.6. The van der Waals surface area contributed by atoms with Crippen molar-refractivity contribution in [3.8, 4) is 22.4 Å². The molecule has 2 aromatic heterocycles. The Morgan fingerprint density at radius 2 is 1.90 bits per heavy atom. The number of rotatable bonds is 10. The first-order valence-corrected chi connectivity index (χ1v) is 15.8. The van der Waals surface area contributed by atoms with E-state index in [0.29, 0.717) is 49.6 Å². The number of halogens is 3. The summed E-state index contributed by atoms with van der Waals surface area (Å²) < 4.78 is 34.1. The standard InChI is InChI=1S/C33H36ClF2N9O3/c1-32(2,3)18-33(22-8-5-19(6-9-22)21-14-38-44(15-21)29(35)36)28(46)45(30(37)40-33)27(17-48-31(47)39-23-10-11-23)20-7-12-25(34)24(13-20)26-16-43(4)42-41-26/h5-9,12-16,23,27,29H,10-11,17-18H2,1-4H3,(H2,37,40)(H,39,47)/t27-,33-/m1/s1. The van der Waals surface area contributed by atoms with Gasteiger partial charge < -0.3 is 15.4 Å². The fourth-order valence-corrected chi connectivity index (χ4v) is 6.22. The summed E-state index contributed by atoms with van der Waals surface area (Å²) >= 11 is 6.58. The highest BCUT2D eigenvalue weighted by Gasteiger charge is 2.54. The van der Waals surface area contributed by atoms with Crippen LogP contribution in [0.15, 0.2) is 61.1 Å². The largest absolute Gasteiger partial charge is 0.447 e. The Kier molecular flexibility index (Phi) is 8.71. The summed E-state index contributed by atoms with van der Waals surface area (Å²) in [5.74, 6) is -0.577. The van der Waals surface area contributed by atoms with Crippen molar-refractivity contribution in [2.24, 2.45) is 12.5 Å². The van der Waals surface area contributed by atoms with Gasteiger partial charge in [0.05, 0.1) is 23.5 Å². The summed E-state index contributed by atoms with van der Waals surface area (Å²) in [4.78, 5) is 28.8. The molecule has 0 unspecified atom stereocenters. The van der Waals surface area contributed by atoms with Gasteiger partial charge in [-0.1, -0.05) is 67.9 Å². The van der Waals surface area contributed by atoms with Crippen molar-refractivity contribution in [2.45, 2.75) is 64.2 Å². The molecule has 2 amide bonds. The van der Waals surface area contributed by atoms with E-state index in [9.17, 15) is 18.4 Å². The molecule has 3 N–H and O–H groups in total. The molecule has 2 aromatic carbocycles. The molecule has 1 saturated carbocycles. The van der Waals surface area contributed by atoms with Crippen molar-refractivity contribution in [2.75, 3.05) is 6.61 Å². The molecule has 3 heterocycles. The van der Waals surface area contributed by atoms with E-state index in [1.54, 1.807) is 60.4 Å². The number of aryl methyl sites for hydroxylation is 1. The van der Waals surface area contributed by atoms with E-state index in [4.69, 9.17) is 21.7 Å². The Morgan fingerprint density at radius 3 is 2.50 bits per heavy atom. The van der Waals surface area contributed by atoms with Gasteiger partial charge in [0.15, 0.2) is 5.96 Å². The second kappa shape index (κ2) is 12.6. The number of nitrogens with zero attached hydrogens (tertiary/aromatic N) is 6. The second-order valence-corrected chi connectivity index (χ2v) is 13.8. The number of carbonyl (C=O) groups is 2. The third-order valence-corrected chi connectivity index (χ3v) is 8.63. The summed E-state index contributed by atoms with van der Waals surface area (Å²) in [5, 5.41) is 27.4. The van der Waals surface area contributed by atoms with Gasteiger partial charge in [-0.25, -0.2) is 9.48 Å². The number of hydrogen-bond donors (Lipinski definition) is 3. The maximum atomic E-state index is 14.8. The minimum Gasteiger partial charge on any atom is -0.447 e. The molecule has 6 rings (SSSR count). The maximum Gasteiger partial charge on any atom is 0.407 e.